The number of hydrogen-bond acceptors (Lipinski definition) is 4. The van der Waals surface area contributed by atoms with Crippen molar-refractivity contribution in [2.45, 2.75) is 13.5 Å². The van der Waals surface area contributed by atoms with E-state index in [-0.39, 0.29) is 12.4 Å². The normalized spacial score (nSPS) is 10.7. The summed E-state index contributed by atoms with van der Waals surface area (Å²) in [5.41, 5.74) is 1.55. The number of ether oxygens (including phenoxy) is 1. The summed E-state index contributed by atoms with van der Waals surface area (Å²) in [7, 11) is 0. The lowest BCUT2D eigenvalue weighted by atomic mass is 10.3. The molecule has 0 saturated heterocycles. The van der Waals surface area contributed by atoms with Crippen LogP contribution in [-0.2, 0) is 11.3 Å². The molecule has 1 aromatic heterocycles. The first-order chi connectivity index (χ1) is 8.27. The van der Waals surface area contributed by atoms with Crippen LogP contribution >= 0.6 is 0 Å². The summed E-state index contributed by atoms with van der Waals surface area (Å²) in [6.45, 7) is 2.33. The highest BCUT2D eigenvalue weighted by Crippen LogP contribution is 2.16. The maximum atomic E-state index is 11.7. The van der Waals surface area contributed by atoms with Gasteiger partial charge in [-0.1, -0.05) is 12.1 Å². The number of carbonyl (C=O) groups excluding carboxylic acids is 1. The molecule has 0 aliphatic carbocycles. The van der Waals surface area contributed by atoms with Crippen molar-refractivity contribution in [2.24, 2.45) is 0 Å². The molecular formula is C12H14N2O3. The Hall–Kier alpha value is -1.88. The summed E-state index contributed by atoms with van der Waals surface area (Å²) in [5, 5.41) is 9.03. The second-order valence-electron chi connectivity index (χ2n) is 3.52. The van der Waals surface area contributed by atoms with Crippen LogP contribution in [0.4, 0.5) is 0 Å². The Morgan fingerprint density at radius 2 is 2.24 bits per heavy atom. The van der Waals surface area contributed by atoms with Gasteiger partial charge in [0.15, 0.2) is 0 Å². The highest BCUT2D eigenvalue weighted by Gasteiger charge is 2.17. The van der Waals surface area contributed by atoms with Gasteiger partial charge in [0.2, 0.25) is 5.82 Å². The van der Waals surface area contributed by atoms with Crippen molar-refractivity contribution in [3.63, 3.8) is 0 Å². The van der Waals surface area contributed by atoms with E-state index in [4.69, 9.17) is 9.84 Å². The SMILES string of the molecule is CCOC(=O)c1nc2ccccc2n1CCO. The van der Waals surface area contributed by atoms with Gasteiger partial charge in [-0.2, -0.15) is 0 Å². The van der Waals surface area contributed by atoms with Crippen molar-refractivity contribution in [1.29, 1.82) is 0 Å². The molecule has 1 aromatic carbocycles. The molecule has 0 radical (unpaired) electrons. The van der Waals surface area contributed by atoms with Crippen molar-refractivity contribution < 1.29 is 14.6 Å². The number of fused-ring (bicyclic) bond motifs is 1. The first-order valence-corrected chi connectivity index (χ1v) is 5.51. The smallest absolute Gasteiger partial charge is 0.374 e. The monoisotopic (exact) mass is 234 g/mol. The number of nitrogens with zero attached hydrogens (tertiary/aromatic N) is 2. The minimum atomic E-state index is -0.461. The number of esters is 1. The first kappa shape index (κ1) is 11.6. The van der Waals surface area contributed by atoms with E-state index in [0.29, 0.717) is 13.2 Å². The Kier molecular flexibility index (Phi) is 3.39. The van der Waals surface area contributed by atoms with Crippen LogP contribution < -0.4 is 0 Å². The fourth-order valence-electron chi connectivity index (χ4n) is 1.75. The predicted molar refractivity (Wildman–Crippen MR) is 62.8 cm³/mol. The molecule has 90 valence electrons. The highest BCUT2D eigenvalue weighted by molar-refractivity contribution is 5.91. The molecule has 1 heterocycles. The van der Waals surface area contributed by atoms with Crippen molar-refractivity contribution in [3.8, 4) is 0 Å². The van der Waals surface area contributed by atoms with Crippen molar-refractivity contribution in [3.05, 3.63) is 30.1 Å². The molecule has 2 rings (SSSR count). The molecule has 0 spiro atoms. The Morgan fingerprint density at radius 3 is 2.94 bits per heavy atom. The van der Waals surface area contributed by atoms with Gasteiger partial charge >= 0.3 is 5.97 Å². The number of rotatable bonds is 4. The number of aliphatic hydroxyl groups is 1. The van der Waals surface area contributed by atoms with E-state index in [1.807, 2.05) is 24.3 Å². The zero-order valence-electron chi connectivity index (χ0n) is 9.59. The summed E-state index contributed by atoms with van der Waals surface area (Å²) < 4.78 is 6.61. The van der Waals surface area contributed by atoms with E-state index >= 15 is 0 Å². The largest absolute Gasteiger partial charge is 0.460 e. The summed E-state index contributed by atoms with van der Waals surface area (Å²) >= 11 is 0. The average Bonchev–Trinajstić information content (AvgIpc) is 2.70. The molecule has 0 aliphatic heterocycles. The molecular weight excluding hydrogens is 220 g/mol. The van der Waals surface area contributed by atoms with Gasteiger partial charge in [0.25, 0.3) is 0 Å². The molecule has 0 amide bonds. The van der Waals surface area contributed by atoms with Gasteiger partial charge in [-0.3, -0.25) is 0 Å². The lowest BCUT2D eigenvalue weighted by Gasteiger charge is -2.06. The van der Waals surface area contributed by atoms with Crippen LogP contribution in [0, 0.1) is 0 Å². The van der Waals surface area contributed by atoms with E-state index < -0.39 is 5.97 Å². The number of aromatic nitrogens is 2. The quantitative estimate of drug-likeness (QED) is 0.807. The molecule has 17 heavy (non-hydrogen) atoms. The second-order valence-corrected chi connectivity index (χ2v) is 3.52. The minimum absolute atomic E-state index is 0.0488. The first-order valence-electron chi connectivity index (χ1n) is 5.51. The Morgan fingerprint density at radius 1 is 1.47 bits per heavy atom. The minimum Gasteiger partial charge on any atom is -0.460 e. The fraction of sp³-hybridized carbons (Fsp3) is 0.333. The number of benzene rings is 1. The topological polar surface area (TPSA) is 64.3 Å². The van der Waals surface area contributed by atoms with E-state index in [0.717, 1.165) is 11.0 Å². The van der Waals surface area contributed by atoms with E-state index in [1.165, 1.54) is 0 Å². The molecule has 0 aliphatic rings. The molecule has 1 N–H and O–H groups in total. The highest BCUT2D eigenvalue weighted by atomic mass is 16.5. The lowest BCUT2D eigenvalue weighted by molar-refractivity contribution is 0.0506. The Labute approximate surface area is 98.6 Å². The summed E-state index contributed by atoms with van der Waals surface area (Å²) in [4.78, 5) is 15.9. The van der Waals surface area contributed by atoms with Crippen molar-refractivity contribution in [2.75, 3.05) is 13.2 Å². The maximum absolute atomic E-state index is 11.7. The van der Waals surface area contributed by atoms with Gasteiger partial charge in [0, 0.05) is 6.54 Å². The third kappa shape index (κ3) is 2.14. The number of para-hydroxylation sites is 2. The second kappa shape index (κ2) is 4.97. The molecule has 0 unspecified atom stereocenters. The van der Waals surface area contributed by atoms with Crippen LogP contribution in [0.2, 0.25) is 0 Å². The lowest BCUT2D eigenvalue weighted by Crippen LogP contribution is -2.15. The molecule has 0 atom stereocenters. The predicted octanol–water partition coefficient (Wildman–Crippen LogP) is 1.21. The maximum Gasteiger partial charge on any atom is 0.374 e. The third-order valence-corrected chi connectivity index (χ3v) is 2.44. The van der Waals surface area contributed by atoms with Crippen LogP contribution in [-0.4, -0.2) is 33.8 Å². The third-order valence-electron chi connectivity index (χ3n) is 2.44. The molecule has 0 bridgehead atoms. The van der Waals surface area contributed by atoms with E-state index in [9.17, 15) is 4.79 Å². The number of aliphatic hydroxyl groups excluding tert-OH is 1. The van der Waals surface area contributed by atoms with E-state index in [1.54, 1.807) is 11.5 Å². The van der Waals surface area contributed by atoms with Crippen LogP contribution in [0.1, 0.15) is 17.5 Å². The molecule has 2 aromatic rings. The van der Waals surface area contributed by atoms with Crippen molar-refractivity contribution in [1.82, 2.24) is 9.55 Å². The zero-order valence-corrected chi connectivity index (χ0v) is 9.59. The molecule has 0 saturated carbocycles. The summed E-state index contributed by atoms with van der Waals surface area (Å²) in [6.07, 6.45) is 0. The molecule has 5 nitrogen and oxygen atoms in total. The molecule has 5 heteroatoms. The number of hydrogen-bond donors (Lipinski definition) is 1. The standard InChI is InChI=1S/C12H14N2O3/c1-2-17-12(16)11-13-9-5-3-4-6-10(9)14(11)7-8-15/h3-6,15H,2,7-8H2,1H3. The fourth-order valence-corrected chi connectivity index (χ4v) is 1.75. The Balaban J connectivity index is 2.53. The summed E-state index contributed by atoms with van der Waals surface area (Å²) in [6, 6.07) is 7.41. The number of imidazole rings is 1. The van der Waals surface area contributed by atoms with Crippen LogP contribution in [0.25, 0.3) is 11.0 Å². The van der Waals surface area contributed by atoms with Gasteiger partial charge in [0.1, 0.15) is 0 Å². The number of carbonyl (C=O) groups is 1. The van der Waals surface area contributed by atoms with Gasteiger partial charge in [-0.15, -0.1) is 0 Å². The van der Waals surface area contributed by atoms with Crippen molar-refractivity contribution >= 4 is 17.0 Å². The average molecular weight is 234 g/mol. The summed E-state index contributed by atoms with van der Waals surface area (Å²) in [5.74, 6) is -0.223. The zero-order chi connectivity index (χ0) is 12.3. The molecule has 0 fully saturated rings. The van der Waals surface area contributed by atoms with E-state index in [2.05, 4.69) is 4.98 Å². The van der Waals surface area contributed by atoms with Gasteiger partial charge in [0.05, 0.1) is 24.2 Å². The van der Waals surface area contributed by atoms with Gasteiger partial charge in [-0.25, -0.2) is 9.78 Å². The van der Waals surface area contributed by atoms with Gasteiger partial charge < -0.3 is 14.4 Å². The van der Waals surface area contributed by atoms with Crippen LogP contribution in [0.3, 0.4) is 0 Å². The van der Waals surface area contributed by atoms with Gasteiger partial charge in [-0.05, 0) is 19.1 Å². The van der Waals surface area contributed by atoms with Crippen LogP contribution in [0.5, 0.6) is 0 Å². The Bertz CT molecular complexity index is 534. The van der Waals surface area contributed by atoms with Crippen LogP contribution in [0.15, 0.2) is 24.3 Å².